The Morgan fingerprint density at radius 1 is 1.27 bits per heavy atom. The number of allylic oxidation sites excluding steroid dienone is 5. The van der Waals surface area contributed by atoms with E-state index in [0.29, 0.717) is 12.3 Å². The van der Waals surface area contributed by atoms with E-state index in [9.17, 15) is 0 Å². The van der Waals surface area contributed by atoms with Crippen molar-refractivity contribution in [3.63, 3.8) is 0 Å². The van der Waals surface area contributed by atoms with Crippen molar-refractivity contribution in [3.05, 3.63) is 60.5 Å². The quantitative estimate of drug-likeness (QED) is 0.609. The molecule has 0 aromatic heterocycles. The Bertz CT molecular complexity index is 687. The van der Waals surface area contributed by atoms with Gasteiger partial charge in [-0.1, -0.05) is 32.2 Å². The highest BCUT2D eigenvalue weighted by molar-refractivity contribution is 6.10. The molecule has 0 fully saturated rings. The summed E-state index contributed by atoms with van der Waals surface area (Å²) in [5, 5.41) is 6.48. The SMILES string of the molecule is C=CCC(=C)NC1=NC(C)=NC(C)(C)/C1=C\C(=C/C)C(C)CC(=C)NC. The van der Waals surface area contributed by atoms with Crippen molar-refractivity contribution in [1.29, 1.82) is 0 Å². The standard InChI is InChI=1S/C22H34N4/c1-10-12-16(4)24-21-20(22(7,8)26-18(6)25-21)14-19(11-2)15(3)13-17(5)23-9/h10-11,14-15,23H,1,4-5,12-13H2,2-3,6-9H3,(H,24,25,26)/b19-11+,20-14-. The minimum Gasteiger partial charge on any atom is -0.392 e. The average Bonchev–Trinajstić information content (AvgIpc) is 2.53. The Morgan fingerprint density at radius 2 is 1.92 bits per heavy atom. The van der Waals surface area contributed by atoms with Gasteiger partial charge < -0.3 is 10.6 Å². The second-order valence-electron chi connectivity index (χ2n) is 7.21. The van der Waals surface area contributed by atoms with Crippen LogP contribution in [0.15, 0.2) is 70.5 Å². The molecular formula is C22H34N4. The second-order valence-corrected chi connectivity index (χ2v) is 7.21. The highest BCUT2D eigenvalue weighted by atomic mass is 15.1. The molecule has 4 heteroatoms. The summed E-state index contributed by atoms with van der Waals surface area (Å²) < 4.78 is 0. The number of nitrogens with zero attached hydrogens (tertiary/aromatic N) is 2. The minimum absolute atomic E-state index is 0.341. The molecule has 1 atom stereocenters. The van der Waals surface area contributed by atoms with E-state index in [1.807, 2.05) is 20.0 Å². The molecule has 0 spiro atoms. The van der Waals surface area contributed by atoms with Crippen LogP contribution in [0.25, 0.3) is 0 Å². The molecule has 1 aliphatic heterocycles. The number of aliphatic imine (C=N–C) groups is 2. The zero-order valence-electron chi connectivity index (χ0n) is 17.2. The predicted molar refractivity (Wildman–Crippen MR) is 116 cm³/mol. The summed E-state index contributed by atoms with van der Waals surface area (Å²) in [6.07, 6.45) is 7.76. The van der Waals surface area contributed by atoms with E-state index >= 15 is 0 Å². The molecule has 0 saturated carbocycles. The lowest BCUT2D eigenvalue weighted by molar-refractivity contribution is 0.618. The average molecular weight is 355 g/mol. The van der Waals surface area contributed by atoms with E-state index in [1.165, 1.54) is 5.57 Å². The van der Waals surface area contributed by atoms with Crippen LogP contribution in [0.1, 0.15) is 47.5 Å². The van der Waals surface area contributed by atoms with Gasteiger partial charge in [0, 0.05) is 30.4 Å². The van der Waals surface area contributed by atoms with Crippen LogP contribution in [0, 0.1) is 5.92 Å². The van der Waals surface area contributed by atoms with Crippen LogP contribution >= 0.6 is 0 Å². The van der Waals surface area contributed by atoms with Gasteiger partial charge in [0.05, 0.1) is 5.54 Å². The van der Waals surface area contributed by atoms with Crippen LogP contribution < -0.4 is 10.6 Å². The molecule has 0 aliphatic carbocycles. The van der Waals surface area contributed by atoms with Crippen LogP contribution in [0.5, 0.6) is 0 Å². The first kappa shape index (κ1) is 21.7. The maximum absolute atomic E-state index is 4.74. The molecule has 0 saturated heterocycles. The largest absolute Gasteiger partial charge is 0.392 e. The van der Waals surface area contributed by atoms with Gasteiger partial charge in [0.2, 0.25) is 0 Å². The highest BCUT2D eigenvalue weighted by Gasteiger charge is 2.31. The molecule has 0 radical (unpaired) electrons. The van der Waals surface area contributed by atoms with Gasteiger partial charge in [-0.25, -0.2) is 4.99 Å². The van der Waals surface area contributed by atoms with Gasteiger partial charge in [0.1, 0.15) is 11.7 Å². The maximum atomic E-state index is 4.74. The summed E-state index contributed by atoms with van der Waals surface area (Å²) in [6, 6.07) is 0. The fourth-order valence-corrected chi connectivity index (χ4v) is 3.00. The van der Waals surface area contributed by atoms with Crippen molar-refractivity contribution >= 4 is 11.7 Å². The van der Waals surface area contributed by atoms with E-state index < -0.39 is 0 Å². The summed E-state index contributed by atoms with van der Waals surface area (Å²) in [4.78, 5) is 9.38. The molecular weight excluding hydrogens is 320 g/mol. The van der Waals surface area contributed by atoms with Crippen LogP contribution in [-0.2, 0) is 0 Å². The summed E-state index contributed by atoms with van der Waals surface area (Å²) in [7, 11) is 1.91. The number of nitrogens with one attached hydrogen (secondary N) is 2. The van der Waals surface area contributed by atoms with Crippen molar-refractivity contribution in [1.82, 2.24) is 10.6 Å². The van der Waals surface area contributed by atoms with Crippen LogP contribution in [-0.4, -0.2) is 24.3 Å². The molecule has 1 heterocycles. The zero-order chi connectivity index (χ0) is 19.9. The summed E-state index contributed by atoms with van der Waals surface area (Å²) >= 11 is 0. The lowest BCUT2D eigenvalue weighted by atomic mass is 9.86. The molecule has 0 amide bonds. The third-order valence-corrected chi connectivity index (χ3v) is 4.43. The second kappa shape index (κ2) is 9.37. The first-order valence-corrected chi connectivity index (χ1v) is 9.09. The molecule has 2 N–H and O–H groups in total. The van der Waals surface area contributed by atoms with Gasteiger partial charge in [-0.3, -0.25) is 4.99 Å². The van der Waals surface area contributed by atoms with Gasteiger partial charge in [-0.2, -0.15) is 0 Å². The van der Waals surface area contributed by atoms with Crippen molar-refractivity contribution in [3.8, 4) is 0 Å². The van der Waals surface area contributed by atoms with Crippen molar-refractivity contribution in [2.24, 2.45) is 15.9 Å². The Labute approximate surface area is 159 Å². The van der Waals surface area contributed by atoms with Crippen LogP contribution in [0.4, 0.5) is 0 Å². The Morgan fingerprint density at radius 3 is 2.46 bits per heavy atom. The number of amidine groups is 2. The van der Waals surface area contributed by atoms with E-state index in [2.05, 4.69) is 75.2 Å². The van der Waals surface area contributed by atoms with E-state index in [1.54, 1.807) is 0 Å². The zero-order valence-corrected chi connectivity index (χ0v) is 17.2. The van der Waals surface area contributed by atoms with Gasteiger partial charge in [-0.05, 0) is 51.7 Å². The fourth-order valence-electron chi connectivity index (χ4n) is 3.00. The third kappa shape index (κ3) is 5.87. The van der Waals surface area contributed by atoms with Gasteiger partial charge >= 0.3 is 0 Å². The van der Waals surface area contributed by atoms with Crippen LogP contribution in [0.2, 0.25) is 0 Å². The molecule has 142 valence electrons. The summed E-state index contributed by atoms with van der Waals surface area (Å²) in [5.41, 5.74) is 3.83. The minimum atomic E-state index is -0.364. The number of hydrogen-bond donors (Lipinski definition) is 2. The van der Waals surface area contributed by atoms with Gasteiger partial charge in [-0.15, -0.1) is 6.58 Å². The van der Waals surface area contributed by atoms with Crippen molar-refractivity contribution in [2.45, 2.75) is 53.0 Å². The molecule has 4 nitrogen and oxygen atoms in total. The normalized spacial score (nSPS) is 19.3. The molecule has 0 bridgehead atoms. The van der Waals surface area contributed by atoms with E-state index in [0.717, 1.165) is 35.1 Å². The van der Waals surface area contributed by atoms with Gasteiger partial charge in [0.25, 0.3) is 0 Å². The molecule has 1 aliphatic rings. The molecule has 26 heavy (non-hydrogen) atoms. The first-order chi connectivity index (χ1) is 12.1. The van der Waals surface area contributed by atoms with E-state index in [4.69, 9.17) is 4.99 Å². The molecule has 1 rings (SSSR count). The van der Waals surface area contributed by atoms with Crippen molar-refractivity contribution in [2.75, 3.05) is 7.05 Å². The van der Waals surface area contributed by atoms with Crippen molar-refractivity contribution < 1.29 is 0 Å². The van der Waals surface area contributed by atoms with Gasteiger partial charge in [0.15, 0.2) is 0 Å². The lowest BCUT2D eigenvalue weighted by Crippen LogP contribution is -2.38. The Hall–Kier alpha value is -2.36. The van der Waals surface area contributed by atoms with Crippen LogP contribution in [0.3, 0.4) is 0 Å². The molecule has 1 unspecified atom stereocenters. The predicted octanol–water partition coefficient (Wildman–Crippen LogP) is 4.91. The smallest absolute Gasteiger partial charge is 0.137 e. The lowest BCUT2D eigenvalue weighted by Gasteiger charge is -2.31. The fraction of sp³-hybridized carbons (Fsp3) is 0.455. The Balaban J connectivity index is 3.26. The topological polar surface area (TPSA) is 48.8 Å². The first-order valence-electron chi connectivity index (χ1n) is 9.09. The Kier molecular flexibility index (Phi) is 7.81. The summed E-state index contributed by atoms with van der Waals surface area (Å²) in [5.74, 6) is 1.92. The summed E-state index contributed by atoms with van der Waals surface area (Å²) in [6.45, 7) is 22.3. The van der Waals surface area contributed by atoms with E-state index in [-0.39, 0.29) is 5.54 Å². The number of hydrogen-bond acceptors (Lipinski definition) is 4. The monoisotopic (exact) mass is 354 g/mol. The number of rotatable bonds is 8. The molecule has 0 aromatic carbocycles. The highest BCUT2D eigenvalue weighted by Crippen LogP contribution is 2.30. The molecule has 0 aromatic rings. The maximum Gasteiger partial charge on any atom is 0.137 e. The third-order valence-electron chi connectivity index (χ3n) is 4.43.